The van der Waals surface area contributed by atoms with Crippen LogP contribution in [0.15, 0.2) is 48.5 Å². The third kappa shape index (κ3) is 3.89. The van der Waals surface area contributed by atoms with Crippen LogP contribution in [0, 0.1) is 5.82 Å². The van der Waals surface area contributed by atoms with Crippen LogP contribution < -0.4 is 9.64 Å². The molecule has 3 aromatic rings. The fourth-order valence-corrected chi connectivity index (χ4v) is 3.24. The van der Waals surface area contributed by atoms with Crippen LogP contribution in [0.4, 0.5) is 9.52 Å². The SMILES string of the molecule is COc1ccccc1CN(C)c1nnc(Cc2ccc(F)cc2)s1. The summed E-state index contributed by atoms with van der Waals surface area (Å²) in [6.07, 6.45) is 0.653. The van der Waals surface area contributed by atoms with Gasteiger partial charge in [-0.05, 0) is 23.8 Å². The molecule has 0 aliphatic carbocycles. The molecule has 0 aliphatic heterocycles. The number of benzene rings is 2. The van der Waals surface area contributed by atoms with Gasteiger partial charge in [-0.25, -0.2) is 4.39 Å². The summed E-state index contributed by atoms with van der Waals surface area (Å²) in [5.41, 5.74) is 2.12. The molecule has 0 amide bonds. The van der Waals surface area contributed by atoms with E-state index in [-0.39, 0.29) is 5.82 Å². The number of para-hydroxylation sites is 1. The third-order valence-electron chi connectivity index (χ3n) is 3.65. The van der Waals surface area contributed by atoms with Gasteiger partial charge >= 0.3 is 0 Å². The lowest BCUT2D eigenvalue weighted by atomic mass is 10.2. The Morgan fingerprint density at radius 1 is 1.08 bits per heavy atom. The molecule has 2 aromatic carbocycles. The Labute approximate surface area is 144 Å². The monoisotopic (exact) mass is 343 g/mol. The number of aromatic nitrogens is 2. The van der Waals surface area contributed by atoms with E-state index in [4.69, 9.17) is 4.74 Å². The maximum Gasteiger partial charge on any atom is 0.208 e. The molecule has 1 aromatic heterocycles. The lowest BCUT2D eigenvalue weighted by Crippen LogP contribution is -2.16. The normalized spacial score (nSPS) is 10.6. The minimum Gasteiger partial charge on any atom is -0.496 e. The highest BCUT2D eigenvalue weighted by molar-refractivity contribution is 7.15. The molecule has 4 nitrogen and oxygen atoms in total. The molecule has 0 spiro atoms. The average Bonchev–Trinajstić information content (AvgIpc) is 3.06. The largest absolute Gasteiger partial charge is 0.496 e. The van der Waals surface area contributed by atoms with Crippen LogP contribution in [-0.2, 0) is 13.0 Å². The summed E-state index contributed by atoms with van der Waals surface area (Å²) in [5, 5.41) is 10.3. The standard InChI is InChI=1S/C18H18FN3OS/c1-22(12-14-5-3-4-6-16(14)23-2)18-21-20-17(24-18)11-13-7-9-15(19)10-8-13/h3-10H,11-12H2,1-2H3. The lowest BCUT2D eigenvalue weighted by molar-refractivity contribution is 0.409. The van der Waals surface area contributed by atoms with E-state index in [0.29, 0.717) is 13.0 Å². The third-order valence-corrected chi connectivity index (χ3v) is 4.69. The molecule has 0 aliphatic rings. The predicted molar refractivity (Wildman–Crippen MR) is 94.2 cm³/mol. The molecule has 0 N–H and O–H groups in total. The molecular formula is C18H18FN3OS. The topological polar surface area (TPSA) is 38.2 Å². The van der Waals surface area contributed by atoms with Crippen molar-refractivity contribution in [2.45, 2.75) is 13.0 Å². The molecule has 3 rings (SSSR count). The van der Waals surface area contributed by atoms with Crippen LogP contribution in [0.1, 0.15) is 16.1 Å². The Bertz CT molecular complexity index is 804. The van der Waals surface area contributed by atoms with Crippen molar-refractivity contribution in [3.05, 3.63) is 70.5 Å². The van der Waals surface area contributed by atoms with E-state index >= 15 is 0 Å². The summed E-state index contributed by atoms with van der Waals surface area (Å²) < 4.78 is 18.3. The summed E-state index contributed by atoms with van der Waals surface area (Å²) in [6.45, 7) is 0.690. The van der Waals surface area contributed by atoms with E-state index in [1.807, 2.05) is 36.2 Å². The fourth-order valence-electron chi connectivity index (χ4n) is 2.40. The molecule has 24 heavy (non-hydrogen) atoms. The van der Waals surface area contributed by atoms with E-state index in [0.717, 1.165) is 27.0 Å². The van der Waals surface area contributed by atoms with Crippen molar-refractivity contribution in [3.63, 3.8) is 0 Å². The molecule has 0 bridgehead atoms. The average molecular weight is 343 g/mol. The number of anilines is 1. The Balaban J connectivity index is 1.69. The minimum absolute atomic E-state index is 0.228. The molecule has 6 heteroatoms. The molecule has 1 heterocycles. The summed E-state index contributed by atoms with van der Waals surface area (Å²) in [5.74, 6) is 0.633. The van der Waals surface area contributed by atoms with Crippen molar-refractivity contribution in [2.75, 3.05) is 19.1 Å². The first-order valence-corrected chi connectivity index (χ1v) is 8.37. The molecule has 0 saturated carbocycles. The highest BCUT2D eigenvalue weighted by Gasteiger charge is 2.12. The smallest absolute Gasteiger partial charge is 0.208 e. The molecule has 0 radical (unpaired) electrons. The van der Waals surface area contributed by atoms with Gasteiger partial charge in [0, 0.05) is 25.6 Å². The number of hydrogen-bond acceptors (Lipinski definition) is 5. The summed E-state index contributed by atoms with van der Waals surface area (Å²) in [7, 11) is 3.65. The Morgan fingerprint density at radius 3 is 2.58 bits per heavy atom. The molecule has 124 valence electrons. The first kappa shape index (κ1) is 16.4. The predicted octanol–water partition coefficient (Wildman–Crippen LogP) is 3.91. The van der Waals surface area contributed by atoms with Crippen molar-refractivity contribution in [2.24, 2.45) is 0 Å². The van der Waals surface area contributed by atoms with Crippen LogP contribution in [0.3, 0.4) is 0 Å². The molecule has 0 fully saturated rings. The summed E-state index contributed by atoms with van der Waals surface area (Å²) in [4.78, 5) is 2.05. The second kappa shape index (κ2) is 7.40. The van der Waals surface area contributed by atoms with E-state index in [1.165, 1.54) is 12.1 Å². The first-order valence-electron chi connectivity index (χ1n) is 7.55. The van der Waals surface area contributed by atoms with Crippen LogP contribution in [-0.4, -0.2) is 24.4 Å². The zero-order chi connectivity index (χ0) is 16.9. The highest BCUT2D eigenvalue weighted by Crippen LogP contribution is 2.25. The molecule has 0 saturated heterocycles. The minimum atomic E-state index is -0.228. The van der Waals surface area contributed by atoms with E-state index in [9.17, 15) is 4.39 Å². The van der Waals surface area contributed by atoms with Crippen LogP contribution >= 0.6 is 11.3 Å². The number of hydrogen-bond donors (Lipinski definition) is 0. The van der Waals surface area contributed by atoms with Gasteiger partial charge < -0.3 is 9.64 Å². The van der Waals surface area contributed by atoms with Gasteiger partial charge in [-0.15, -0.1) is 10.2 Å². The van der Waals surface area contributed by atoms with Gasteiger partial charge in [-0.1, -0.05) is 41.7 Å². The maximum atomic E-state index is 13.0. The number of methoxy groups -OCH3 is 1. The van der Waals surface area contributed by atoms with Crippen molar-refractivity contribution < 1.29 is 9.13 Å². The van der Waals surface area contributed by atoms with Crippen molar-refractivity contribution in [1.82, 2.24) is 10.2 Å². The van der Waals surface area contributed by atoms with E-state index in [2.05, 4.69) is 10.2 Å². The Morgan fingerprint density at radius 2 is 1.83 bits per heavy atom. The highest BCUT2D eigenvalue weighted by atomic mass is 32.1. The zero-order valence-corrected chi connectivity index (χ0v) is 14.4. The van der Waals surface area contributed by atoms with E-state index < -0.39 is 0 Å². The summed E-state index contributed by atoms with van der Waals surface area (Å²) >= 11 is 1.54. The first-order chi connectivity index (χ1) is 11.7. The van der Waals surface area contributed by atoms with E-state index in [1.54, 1.807) is 30.6 Å². The van der Waals surface area contributed by atoms with Crippen molar-refractivity contribution >= 4 is 16.5 Å². The van der Waals surface area contributed by atoms with Crippen LogP contribution in [0.2, 0.25) is 0 Å². The number of ether oxygens (including phenoxy) is 1. The lowest BCUT2D eigenvalue weighted by Gasteiger charge is -2.16. The van der Waals surface area contributed by atoms with Crippen LogP contribution in [0.25, 0.3) is 0 Å². The van der Waals surface area contributed by atoms with Gasteiger partial charge in [-0.2, -0.15) is 0 Å². The van der Waals surface area contributed by atoms with Gasteiger partial charge in [0.2, 0.25) is 5.13 Å². The Kier molecular flexibility index (Phi) is 5.05. The summed E-state index contributed by atoms with van der Waals surface area (Å²) in [6, 6.07) is 14.4. The van der Waals surface area contributed by atoms with Crippen molar-refractivity contribution in [3.8, 4) is 5.75 Å². The number of nitrogens with zero attached hydrogens (tertiary/aromatic N) is 3. The quantitative estimate of drug-likeness (QED) is 0.680. The zero-order valence-electron chi connectivity index (χ0n) is 13.6. The second-order valence-electron chi connectivity index (χ2n) is 5.45. The number of halogens is 1. The molecule has 0 atom stereocenters. The van der Waals surface area contributed by atoms with Gasteiger partial charge in [0.15, 0.2) is 0 Å². The second-order valence-corrected chi connectivity index (χ2v) is 6.49. The molecule has 0 unspecified atom stereocenters. The molecular weight excluding hydrogens is 325 g/mol. The number of rotatable bonds is 6. The van der Waals surface area contributed by atoms with Gasteiger partial charge in [0.1, 0.15) is 16.6 Å². The Hall–Kier alpha value is -2.47. The van der Waals surface area contributed by atoms with Crippen molar-refractivity contribution in [1.29, 1.82) is 0 Å². The van der Waals surface area contributed by atoms with Crippen LogP contribution in [0.5, 0.6) is 5.75 Å². The van der Waals surface area contributed by atoms with Gasteiger partial charge in [-0.3, -0.25) is 0 Å². The van der Waals surface area contributed by atoms with Gasteiger partial charge in [0.25, 0.3) is 0 Å². The van der Waals surface area contributed by atoms with Gasteiger partial charge in [0.05, 0.1) is 7.11 Å². The fraction of sp³-hybridized carbons (Fsp3) is 0.222. The maximum absolute atomic E-state index is 13.0.